The third-order valence-corrected chi connectivity index (χ3v) is 6.97. The summed E-state index contributed by atoms with van der Waals surface area (Å²) < 4.78 is 34.3. The summed E-state index contributed by atoms with van der Waals surface area (Å²) in [4.78, 5) is 69.5. The van der Waals surface area contributed by atoms with Crippen molar-refractivity contribution in [2.45, 2.75) is 77.2 Å². The fraction of sp³-hybridized carbons (Fsp3) is 0.368. The van der Waals surface area contributed by atoms with Crippen LogP contribution in [0.4, 0.5) is 9.59 Å². The minimum Gasteiger partial charge on any atom is -0.459 e. The first-order valence-electron chi connectivity index (χ1n) is 16.5. The average Bonchev–Trinajstić information content (AvgIpc) is 3.40. The Kier molecular flexibility index (Phi) is 13.1. The lowest BCUT2D eigenvalue weighted by molar-refractivity contribution is -0.0445. The number of amides is 2. The van der Waals surface area contributed by atoms with Gasteiger partial charge in [-0.2, -0.15) is 0 Å². The maximum Gasteiger partial charge on any atom is 0.414 e. The van der Waals surface area contributed by atoms with Gasteiger partial charge in [0.05, 0.1) is 23.2 Å². The minimum atomic E-state index is -1.31. The molecule has 2 N–H and O–H groups in total. The summed E-state index contributed by atoms with van der Waals surface area (Å²) in [7, 11) is 0. The van der Waals surface area contributed by atoms with Crippen LogP contribution in [0.3, 0.4) is 0 Å². The largest absolute Gasteiger partial charge is 0.459 e. The van der Waals surface area contributed by atoms with Gasteiger partial charge in [-0.3, -0.25) is 10.6 Å². The van der Waals surface area contributed by atoms with Crippen LogP contribution in [0.5, 0.6) is 0 Å². The highest BCUT2D eigenvalue weighted by Gasteiger charge is 2.50. The lowest BCUT2D eigenvalue weighted by atomic mass is 10.1. The first kappa shape index (κ1) is 39.0. The van der Waals surface area contributed by atoms with Crippen LogP contribution in [0.2, 0.25) is 0 Å². The molecule has 0 aliphatic carbocycles. The predicted molar refractivity (Wildman–Crippen MR) is 188 cm³/mol. The lowest BCUT2D eigenvalue weighted by Gasteiger charge is -2.24. The number of alkyl carbamates (subject to hydrolysis) is 2. The SMILES string of the molecule is CC(C)(C)OC(=O)NC(=NC[C@@H]1O[C@H](COC(=O)c2ccccc2)[C@@H](OC(=O)c2ccccc2)[C@H]1OC(=O)c1ccccc1)NC(=O)OC(C)(C)C. The molecule has 0 radical (unpaired) electrons. The van der Waals surface area contributed by atoms with Crippen LogP contribution in [0, 0.1) is 0 Å². The van der Waals surface area contributed by atoms with Crippen LogP contribution in [0.15, 0.2) is 96.0 Å². The normalized spacial score (nSPS) is 18.3. The molecule has 1 aliphatic rings. The molecule has 3 aromatic rings. The molecule has 276 valence electrons. The Bertz CT molecular complexity index is 1690. The van der Waals surface area contributed by atoms with E-state index in [1.54, 1.807) is 133 Å². The van der Waals surface area contributed by atoms with E-state index in [9.17, 15) is 24.0 Å². The molecule has 4 atom stereocenters. The predicted octanol–water partition coefficient (Wildman–Crippen LogP) is 5.47. The molecule has 0 unspecified atom stereocenters. The molecule has 52 heavy (non-hydrogen) atoms. The molecule has 1 fully saturated rings. The number of benzene rings is 3. The Morgan fingerprint density at radius 2 is 0.981 bits per heavy atom. The standard InChI is InChI=1S/C38H43N3O11/c1-37(2,3)51-35(45)40-34(41-36(46)52-38(4,5)6)39-22-27-29(49-32(43)25-18-12-8-13-19-25)30(50-33(44)26-20-14-9-15-21-26)28(48-27)23-47-31(42)24-16-10-7-11-17-24/h7-21,27-30H,22-23H2,1-6H3,(H2,39,40,41,45,46)/t27-,28+,29-,30+/m0/s1. The van der Waals surface area contributed by atoms with Gasteiger partial charge in [-0.05, 0) is 77.9 Å². The monoisotopic (exact) mass is 717 g/mol. The summed E-state index contributed by atoms with van der Waals surface area (Å²) in [6.45, 7) is 9.17. The van der Waals surface area contributed by atoms with Gasteiger partial charge >= 0.3 is 30.1 Å². The van der Waals surface area contributed by atoms with E-state index < -0.39 is 72.3 Å². The van der Waals surface area contributed by atoms with E-state index in [0.717, 1.165) is 0 Å². The number of ether oxygens (including phenoxy) is 6. The summed E-state index contributed by atoms with van der Waals surface area (Å²) in [5, 5.41) is 4.78. The summed E-state index contributed by atoms with van der Waals surface area (Å²) in [5.74, 6) is -2.54. The van der Waals surface area contributed by atoms with Crippen molar-refractivity contribution >= 4 is 36.1 Å². The summed E-state index contributed by atoms with van der Waals surface area (Å²) in [6.07, 6.45) is -6.77. The van der Waals surface area contributed by atoms with Crippen molar-refractivity contribution < 1.29 is 52.4 Å². The zero-order valence-corrected chi connectivity index (χ0v) is 29.8. The first-order valence-corrected chi connectivity index (χ1v) is 16.5. The fourth-order valence-corrected chi connectivity index (χ4v) is 4.81. The minimum absolute atomic E-state index is 0.204. The van der Waals surface area contributed by atoms with E-state index in [2.05, 4.69) is 15.6 Å². The maximum absolute atomic E-state index is 13.4. The van der Waals surface area contributed by atoms with Crippen molar-refractivity contribution in [2.24, 2.45) is 4.99 Å². The quantitative estimate of drug-likeness (QED) is 0.124. The van der Waals surface area contributed by atoms with Crippen molar-refractivity contribution in [3.05, 3.63) is 108 Å². The molecule has 1 aliphatic heterocycles. The van der Waals surface area contributed by atoms with Crippen molar-refractivity contribution in [1.29, 1.82) is 0 Å². The van der Waals surface area contributed by atoms with Gasteiger partial charge in [0.1, 0.15) is 30.0 Å². The number of carbonyl (C=O) groups is 5. The molecule has 1 heterocycles. The number of hydrogen-bond donors (Lipinski definition) is 2. The second-order valence-corrected chi connectivity index (χ2v) is 13.6. The van der Waals surface area contributed by atoms with Crippen LogP contribution < -0.4 is 10.6 Å². The number of hydrogen-bond acceptors (Lipinski definition) is 12. The van der Waals surface area contributed by atoms with Gasteiger partial charge in [0.2, 0.25) is 5.96 Å². The Hall–Kier alpha value is -5.76. The molecule has 4 rings (SSSR count). The van der Waals surface area contributed by atoms with E-state index in [4.69, 9.17) is 28.4 Å². The number of rotatable bonds is 9. The smallest absolute Gasteiger partial charge is 0.414 e. The van der Waals surface area contributed by atoms with Gasteiger partial charge in [0, 0.05) is 0 Å². The highest BCUT2D eigenvalue weighted by molar-refractivity contribution is 6.01. The van der Waals surface area contributed by atoms with Crippen LogP contribution in [-0.4, -0.2) is 84.8 Å². The Labute approximate surface area is 301 Å². The molecule has 0 saturated carbocycles. The summed E-state index contributed by atoms with van der Waals surface area (Å²) in [6, 6.07) is 24.5. The number of guanidine groups is 1. The van der Waals surface area contributed by atoms with E-state index in [1.807, 2.05) is 0 Å². The zero-order valence-electron chi connectivity index (χ0n) is 29.8. The molecule has 0 spiro atoms. The number of aliphatic imine (C=N–C) groups is 1. The highest BCUT2D eigenvalue weighted by atomic mass is 16.7. The second kappa shape index (κ2) is 17.4. The number of esters is 3. The molecule has 1 saturated heterocycles. The van der Waals surface area contributed by atoms with E-state index in [1.165, 1.54) is 0 Å². The Morgan fingerprint density at radius 1 is 0.596 bits per heavy atom. The van der Waals surface area contributed by atoms with Crippen molar-refractivity contribution in [3.8, 4) is 0 Å². The second-order valence-electron chi connectivity index (χ2n) is 13.6. The number of nitrogens with zero attached hydrogens (tertiary/aromatic N) is 1. The molecular weight excluding hydrogens is 674 g/mol. The third-order valence-electron chi connectivity index (χ3n) is 6.97. The zero-order chi connectivity index (χ0) is 37.9. The van der Waals surface area contributed by atoms with Gasteiger partial charge in [-0.15, -0.1) is 0 Å². The average molecular weight is 718 g/mol. The van der Waals surface area contributed by atoms with Crippen LogP contribution >= 0.6 is 0 Å². The van der Waals surface area contributed by atoms with Gasteiger partial charge in [-0.1, -0.05) is 54.6 Å². The molecule has 14 heteroatoms. The van der Waals surface area contributed by atoms with Crippen molar-refractivity contribution in [2.75, 3.05) is 13.2 Å². The summed E-state index contributed by atoms with van der Waals surface area (Å²) >= 11 is 0. The van der Waals surface area contributed by atoms with Gasteiger partial charge in [0.25, 0.3) is 0 Å². The lowest BCUT2D eigenvalue weighted by Crippen LogP contribution is -2.48. The molecule has 2 amide bonds. The van der Waals surface area contributed by atoms with Crippen LogP contribution in [0.1, 0.15) is 72.6 Å². The summed E-state index contributed by atoms with van der Waals surface area (Å²) in [5.41, 5.74) is -1.07. The molecule has 14 nitrogen and oxygen atoms in total. The maximum atomic E-state index is 13.4. The number of nitrogens with one attached hydrogen (secondary N) is 2. The molecular formula is C38H43N3O11. The van der Waals surface area contributed by atoms with Gasteiger partial charge < -0.3 is 28.4 Å². The van der Waals surface area contributed by atoms with Crippen molar-refractivity contribution in [1.82, 2.24) is 10.6 Å². The van der Waals surface area contributed by atoms with E-state index in [-0.39, 0.29) is 29.2 Å². The van der Waals surface area contributed by atoms with E-state index >= 15 is 0 Å². The molecule has 0 bridgehead atoms. The van der Waals surface area contributed by atoms with Gasteiger partial charge in [-0.25, -0.2) is 29.0 Å². The first-order chi connectivity index (χ1) is 24.6. The van der Waals surface area contributed by atoms with Crippen molar-refractivity contribution in [3.63, 3.8) is 0 Å². The van der Waals surface area contributed by atoms with E-state index in [0.29, 0.717) is 0 Å². The topological polar surface area (TPSA) is 177 Å². The molecule has 0 aromatic heterocycles. The van der Waals surface area contributed by atoms with Crippen LogP contribution in [-0.2, 0) is 28.4 Å². The van der Waals surface area contributed by atoms with Crippen LogP contribution in [0.25, 0.3) is 0 Å². The Morgan fingerprint density at radius 3 is 1.38 bits per heavy atom. The number of carbonyl (C=O) groups excluding carboxylic acids is 5. The highest BCUT2D eigenvalue weighted by Crippen LogP contribution is 2.30. The molecule has 3 aromatic carbocycles. The third kappa shape index (κ3) is 12.2. The van der Waals surface area contributed by atoms with Gasteiger partial charge in [0.15, 0.2) is 12.2 Å². The Balaban J connectivity index is 1.68. The fourth-order valence-electron chi connectivity index (χ4n) is 4.81.